The average Bonchev–Trinajstić information content (AvgIpc) is 3.18. The molecule has 160 valence electrons. The Hall–Kier alpha value is -3.50. The van der Waals surface area contributed by atoms with E-state index in [9.17, 15) is 22.4 Å². The van der Waals surface area contributed by atoms with Gasteiger partial charge < -0.3 is 9.80 Å². The highest BCUT2D eigenvalue weighted by Crippen LogP contribution is 2.44. The highest BCUT2D eigenvalue weighted by molar-refractivity contribution is 6.02. The molecular weight excluding hydrogens is 416 g/mol. The van der Waals surface area contributed by atoms with Crippen LogP contribution in [0.5, 0.6) is 0 Å². The summed E-state index contributed by atoms with van der Waals surface area (Å²) in [6.07, 6.45) is 3.63. The van der Waals surface area contributed by atoms with E-state index in [0.29, 0.717) is 11.5 Å². The van der Waals surface area contributed by atoms with Gasteiger partial charge in [0.1, 0.15) is 23.1 Å². The molecule has 0 spiro atoms. The fourth-order valence-electron chi connectivity index (χ4n) is 3.87. The van der Waals surface area contributed by atoms with Gasteiger partial charge in [-0.2, -0.15) is 4.98 Å². The zero-order chi connectivity index (χ0) is 21.9. The molecule has 2 aliphatic rings. The first-order valence-corrected chi connectivity index (χ1v) is 9.51. The fourth-order valence-corrected chi connectivity index (χ4v) is 3.87. The number of likely N-dealkylation sites (N-methyl/N-ethyl adjacent to an activating group) is 1. The normalized spacial score (nSPS) is 18.2. The minimum Gasteiger partial charge on any atom is -0.342 e. The second-order valence-electron chi connectivity index (χ2n) is 7.62. The molecule has 1 fully saturated rings. The maximum atomic E-state index is 14.3. The first-order valence-electron chi connectivity index (χ1n) is 9.51. The first-order chi connectivity index (χ1) is 14.7. The Bertz CT molecular complexity index is 1190. The average molecular weight is 432 g/mol. The van der Waals surface area contributed by atoms with Crippen LogP contribution in [0.1, 0.15) is 12.8 Å². The predicted octanol–water partition coefficient (Wildman–Crippen LogP) is 3.19. The molecule has 0 radical (unpaired) electrons. The summed E-state index contributed by atoms with van der Waals surface area (Å²) in [5.74, 6) is -3.92. The van der Waals surface area contributed by atoms with Crippen molar-refractivity contribution in [2.75, 3.05) is 23.4 Å². The number of nitrogens with zero attached hydrogens (tertiary/aromatic N) is 6. The lowest BCUT2D eigenvalue weighted by atomic mass is 9.86. The maximum Gasteiger partial charge on any atom is 0.252 e. The van der Waals surface area contributed by atoms with Crippen LogP contribution in [0.25, 0.3) is 17.3 Å². The van der Waals surface area contributed by atoms with Crippen molar-refractivity contribution in [3.63, 3.8) is 0 Å². The number of alkyl halides is 2. The second-order valence-corrected chi connectivity index (χ2v) is 7.62. The summed E-state index contributed by atoms with van der Waals surface area (Å²) >= 11 is 0. The van der Waals surface area contributed by atoms with E-state index in [1.807, 2.05) is 0 Å². The Morgan fingerprint density at radius 3 is 2.65 bits per heavy atom. The van der Waals surface area contributed by atoms with Crippen LogP contribution in [0, 0.1) is 11.6 Å². The molecule has 7 nitrogen and oxygen atoms in total. The highest BCUT2D eigenvalue weighted by atomic mass is 19.3. The maximum absolute atomic E-state index is 14.3. The number of carbonyl (C=O) groups is 1. The van der Waals surface area contributed by atoms with Gasteiger partial charge in [-0.05, 0) is 12.1 Å². The lowest BCUT2D eigenvalue weighted by Gasteiger charge is -2.46. The van der Waals surface area contributed by atoms with Gasteiger partial charge in [0.05, 0.1) is 18.3 Å². The molecule has 1 saturated carbocycles. The number of benzene rings is 1. The van der Waals surface area contributed by atoms with Gasteiger partial charge in [-0.1, -0.05) is 0 Å². The van der Waals surface area contributed by atoms with Gasteiger partial charge in [-0.15, -0.1) is 0 Å². The molecule has 0 saturated heterocycles. The number of halogens is 4. The highest BCUT2D eigenvalue weighted by Gasteiger charge is 2.50. The molecule has 1 aromatic carbocycles. The summed E-state index contributed by atoms with van der Waals surface area (Å²) in [4.78, 5) is 28.2. The Morgan fingerprint density at radius 1 is 1.16 bits per heavy atom. The lowest BCUT2D eigenvalue weighted by molar-refractivity contribution is -0.119. The topological polar surface area (TPSA) is 67.2 Å². The van der Waals surface area contributed by atoms with Gasteiger partial charge in [0.15, 0.2) is 5.82 Å². The summed E-state index contributed by atoms with van der Waals surface area (Å²) in [5.41, 5.74) is 0.445. The summed E-state index contributed by atoms with van der Waals surface area (Å²) in [6, 6.07) is 2.61. The van der Waals surface area contributed by atoms with Crippen LogP contribution in [0.2, 0.25) is 0 Å². The molecular formula is C20H16F4N6O. The van der Waals surface area contributed by atoms with Gasteiger partial charge in [-0.25, -0.2) is 27.5 Å². The van der Waals surface area contributed by atoms with E-state index in [4.69, 9.17) is 0 Å². The van der Waals surface area contributed by atoms with Crippen LogP contribution in [0.15, 0.2) is 36.8 Å². The number of anilines is 2. The quantitative estimate of drug-likeness (QED) is 0.595. The van der Waals surface area contributed by atoms with E-state index in [1.54, 1.807) is 11.9 Å². The number of aromatic nitrogens is 4. The molecule has 0 unspecified atom stereocenters. The van der Waals surface area contributed by atoms with Crippen molar-refractivity contribution in [2.45, 2.75) is 24.8 Å². The van der Waals surface area contributed by atoms with Gasteiger partial charge in [0.25, 0.3) is 5.92 Å². The largest absolute Gasteiger partial charge is 0.342 e. The monoisotopic (exact) mass is 432 g/mol. The number of imidazole rings is 1. The zero-order valence-electron chi connectivity index (χ0n) is 16.3. The molecule has 11 heteroatoms. The third-order valence-electron chi connectivity index (χ3n) is 5.59. The van der Waals surface area contributed by atoms with Gasteiger partial charge >= 0.3 is 0 Å². The van der Waals surface area contributed by atoms with Crippen molar-refractivity contribution in [3.8, 4) is 17.3 Å². The van der Waals surface area contributed by atoms with Crippen molar-refractivity contribution < 1.29 is 22.4 Å². The third-order valence-corrected chi connectivity index (χ3v) is 5.59. The fraction of sp³-hybridized carbons (Fsp3) is 0.300. The van der Waals surface area contributed by atoms with E-state index < -0.39 is 23.6 Å². The minimum absolute atomic E-state index is 0.0514. The van der Waals surface area contributed by atoms with E-state index in [2.05, 4.69) is 15.0 Å². The predicted molar refractivity (Wildman–Crippen MR) is 103 cm³/mol. The Kier molecular flexibility index (Phi) is 4.24. The van der Waals surface area contributed by atoms with Crippen molar-refractivity contribution in [1.29, 1.82) is 0 Å². The Morgan fingerprint density at radius 2 is 1.94 bits per heavy atom. The number of hydrogen-bond donors (Lipinski definition) is 0. The van der Waals surface area contributed by atoms with Crippen LogP contribution in [-0.2, 0) is 4.79 Å². The Labute approximate surface area is 174 Å². The molecule has 0 bridgehead atoms. The first kappa shape index (κ1) is 19.5. The molecule has 1 aliphatic heterocycles. The van der Waals surface area contributed by atoms with Crippen LogP contribution >= 0.6 is 0 Å². The van der Waals surface area contributed by atoms with E-state index >= 15 is 0 Å². The van der Waals surface area contributed by atoms with Gasteiger partial charge in [-0.3, -0.25) is 9.36 Å². The van der Waals surface area contributed by atoms with Crippen LogP contribution < -0.4 is 9.80 Å². The second kappa shape index (κ2) is 6.76. The Balaban J connectivity index is 1.58. The number of rotatable bonds is 3. The third kappa shape index (κ3) is 3.20. The van der Waals surface area contributed by atoms with Crippen LogP contribution in [0.4, 0.5) is 29.1 Å². The molecule has 31 heavy (non-hydrogen) atoms. The molecule has 1 amide bonds. The standard InChI is InChI=1S/C20H16F4N6O/c1-28-15-9-26-19(27-18(15)30(10-16(28)31)12-7-20(23,24)8-12)29-5-4-25-17(29)13-3-2-11(21)6-14(13)22/h2-6,9,12H,7-8,10H2,1H3. The van der Waals surface area contributed by atoms with Crippen molar-refractivity contribution in [3.05, 3.63) is 48.4 Å². The van der Waals surface area contributed by atoms with Crippen molar-refractivity contribution >= 4 is 17.4 Å². The van der Waals surface area contributed by atoms with Crippen molar-refractivity contribution in [1.82, 2.24) is 19.5 Å². The summed E-state index contributed by atoms with van der Waals surface area (Å²) in [6.45, 7) is -0.0793. The summed E-state index contributed by atoms with van der Waals surface area (Å²) < 4.78 is 56.0. The number of amides is 1. The van der Waals surface area contributed by atoms with Gasteiger partial charge in [0.2, 0.25) is 11.9 Å². The molecule has 0 atom stereocenters. The molecule has 2 aromatic heterocycles. The number of carbonyl (C=O) groups excluding carboxylic acids is 1. The SMILES string of the molecule is CN1C(=O)CN(C2CC(F)(F)C2)c2nc(-n3ccnc3-c3ccc(F)cc3F)ncc21. The van der Waals surface area contributed by atoms with E-state index in [0.717, 1.165) is 12.1 Å². The molecule has 3 heterocycles. The number of hydrogen-bond acceptors (Lipinski definition) is 5. The van der Waals surface area contributed by atoms with E-state index in [-0.39, 0.29) is 42.6 Å². The minimum atomic E-state index is -2.76. The van der Waals surface area contributed by atoms with Crippen LogP contribution in [0.3, 0.4) is 0 Å². The number of fused-ring (bicyclic) bond motifs is 1. The van der Waals surface area contributed by atoms with Crippen molar-refractivity contribution in [2.24, 2.45) is 0 Å². The zero-order valence-corrected chi connectivity index (χ0v) is 16.3. The molecule has 0 N–H and O–H groups in total. The summed E-state index contributed by atoms with van der Waals surface area (Å²) in [7, 11) is 1.56. The van der Waals surface area contributed by atoms with Gasteiger partial charge in [0, 0.05) is 44.4 Å². The lowest BCUT2D eigenvalue weighted by Crippen LogP contribution is -2.56. The van der Waals surface area contributed by atoms with Crippen LogP contribution in [-0.4, -0.2) is 51.0 Å². The summed E-state index contributed by atoms with van der Waals surface area (Å²) in [5, 5.41) is 0. The van der Waals surface area contributed by atoms with E-state index in [1.165, 1.54) is 34.1 Å². The molecule has 5 rings (SSSR count). The smallest absolute Gasteiger partial charge is 0.252 e. The molecule has 3 aromatic rings. The molecule has 1 aliphatic carbocycles.